The lowest BCUT2D eigenvalue weighted by Gasteiger charge is -2.30. The van der Waals surface area contributed by atoms with Crippen molar-refractivity contribution in [2.24, 2.45) is 0 Å². The molecule has 6 nitrogen and oxygen atoms in total. The predicted octanol–water partition coefficient (Wildman–Crippen LogP) is 3.46. The molecule has 0 spiro atoms. The highest BCUT2D eigenvalue weighted by Gasteiger charge is 2.18. The molecule has 3 aromatic rings. The first kappa shape index (κ1) is 21.7. The van der Waals surface area contributed by atoms with Crippen molar-refractivity contribution in [3.05, 3.63) is 83.4 Å². The van der Waals surface area contributed by atoms with E-state index in [1.807, 2.05) is 4.68 Å². The van der Waals surface area contributed by atoms with Crippen LogP contribution >= 0.6 is 0 Å². The van der Waals surface area contributed by atoms with E-state index in [0.717, 1.165) is 52.0 Å². The van der Waals surface area contributed by atoms with Crippen LogP contribution in [0, 0.1) is 6.92 Å². The Morgan fingerprint density at radius 3 is 2.52 bits per heavy atom. The SMILES string of the molecule is Cc1ccc(C(CCn2cncn2)NCc2ccccc2CN2CCC(O)CC2)cc1. The number of nitrogens with one attached hydrogen (secondary N) is 1. The Morgan fingerprint density at radius 2 is 1.81 bits per heavy atom. The lowest BCUT2D eigenvalue weighted by Crippen LogP contribution is -2.35. The molecule has 2 N–H and O–H groups in total. The average molecular weight is 420 g/mol. The van der Waals surface area contributed by atoms with Crippen LogP contribution in [-0.2, 0) is 19.6 Å². The Balaban J connectivity index is 1.43. The number of likely N-dealkylation sites (tertiary alicyclic amines) is 1. The van der Waals surface area contributed by atoms with Crippen molar-refractivity contribution in [2.45, 2.75) is 58.0 Å². The van der Waals surface area contributed by atoms with Crippen molar-refractivity contribution in [1.82, 2.24) is 25.0 Å². The number of aryl methyl sites for hydroxylation is 2. The van der Waals surface area contributed by atoms with Gasteiger partial charge in [-0.05, 0) is 42.9 Å². The molecular formula is C25H33N5O. The Morgan fingerprint density at radius 1 is 1.06 bits per heavy atom. The number of aliphatic hydroxyl groups is 1. The molecule has 0 aliphatic carbocycles. The van der Waals surface area contributed by atoms with E-state index in [1.54, 1.807) is 12.7 Å². The van der Waals surface area contributed by atoms with Crippen LogP contribution in [0.5, 0.6) is 0 Å². The van der Waals surface area contributed by atoms with Crippen LogP contribution in [0.25, 0.3) is 0 Å². The number of nitrogens with zero attached hydrogens (tertiary/aromatic N) is 4. The van der Waals surface area contributed by atoms with Gasteiger partial charge in [-0.2, -0.15) is 5.10 Å². The van der Waals surface area contributed by atoms with Crippen LogP contribution < -0.4 is 5.32 Å². The van der Waals surface area contributed by atoms with Gasteiger partial charge in [0, 0.05) is 38.8 Å². The standard InChI is InChI=1S/C25H33N5O/c1-20-6-8-21(9-7-20)25(12-15-30-19-26-18-28-30)27-16-22-4-2-3-5-23(22)17-29-13-10-24(31)11-14-29/h2-9,18-19,24-25,27,31H,10-17H2,1H3. The predicted molar refractivity (Wildman–Crippen MR) is 122 cm³/mol. The molecule has 1 fully saturated rings. The fraction of sp³-hybridized carbons (Fsp3) is 0.440. The van der Waals surface area contributed by atoms with Crippen LogP contribution in [0.3, 0.4) is 0 Å². The zero-order valence-corrected chi connectivity index (χ0v) is 18.3. The summed E-state index contributed by atoms with van der Waals surface area (Å²) >= 11 is 0. The maximum absolute atomic E-state index is 9.79. The molecule has 1 saturated heterocycles. The number of aromatic nitrogens is 3. The zero-order valence-electron chi connectivity index (χ0n) is 18.3. The first-order valence-electron chi connectivity index (χ1n) is 11.3. The van der Waals surface area contributed by atoms with E-state index in [9.17, 15) is 5.11 Å². The normalized spacial score (nSPS) is 16.5. The molecule has 1 aromatic heterocycles. The molecule has 1 aliphatic heterocycles. The molecular weight excluding hydrogens is 386 g/mol. The molecule has 2 aromatic carbocycles. The molecule has 4 rings (SSSR count). The Kier molecular flexibility index (Phi) is 7.46. The molecule has 164 valence electrons. The van der Waals surface area contributed by atoms with E-state index in [-0.39, 0.29) is 12.1 Å². The molecule has 0 radical (unpaired) electrons. The quantitative estimate of drug-likeness (QED) is 0.556. The highest BCUT2D eigenvalue weighted by atomic mass is 16.3. The monoisotopic (exact) mass is 419 g/mol. The summed E-state index contributed by atoms with van der Waals surface area (Å²) < 4.78 is 1.89. The van der Waals surface area contributed by atoms with Gasteiger partial charge < -0.3 is 10.4 Å². The molecule has 0 amide bonds. The second-order valence-electron chi connectivity index (χ2n) is 8.57. The molecule has 1 atom stereocenters. The zero-order chi connectivity index (χ0) is 21.5. The number of hydrogen-bond acceptors (Lipinski definition) is 5. The molecule has 2 heterocycles. The summed E-state index contributed by atoms with van der Waals surface area (Å²) in [6, 6.07) is 17.7. The molecule has 1 unspecified atom stereocenters. The maximum atomic E-state index is 9.79. The molecule has 1 aliphatic rings. The van der Waals surface area contributed by atoms with Crippen molar-refractivity contribution in [2.75, 3.05) is 13.1 Å². The van der Waals surface area contributed by atoms with E-state index in [0.29, 0.717) is 0 Å². The van der Waals surface area contributed by atoms with Gasteiger partial charge in [-0.1, -0.05) is 54.1 Å². The number of hydrogen-bond donors (Lipinski definition) is 2. The number of benzene rings is 2. The summed E-state index contributed by atoms with van der Waals surface area (Å²) in [5.41, 5.74) is 5.28. The lowest BCUT2D eigenvalue weighted by atomic mass is 10.0. The third-order valence-electron chi connectivity index (χ3n) is 6.20. The highest BCUT2D eigenvalue weighted by molar-refractivity contribution is 5.28. The third kappa shape index (κ3) is 6.23. The highest BCUT2D eigenvalue weighted by Crippen LogP contribution is 2.21. The second-order valence-corrected chi connectivity index (χ2v) is 8.57. The van der Waals surface area contributed by atoms with Crippen LogP contribution in [-0.4, -0.2) is 44.0 Å². The molecule has 6 heteroatoms. The van der Waals surface area contributed by atoms with Gasteiger partial charge in [-0.15, -0.1) is 0 Å². The van der Waals surface area contributed by atoms with Gasteiger partial charge in [0.05, 0.1) is 6.10 Å². The largest absolute Gasteiger partial charge is 0.393 e. The summed E-state index contributed by atoms with van der Waals surface area (Å²) in [6.45, 7) is 6.64. The van der Waals surface area contributed by atoms with Gasteiger partial charge in [0.2, 0.25) is 0 Å². The van der Waals surface area contributed by atoms with Crippen molar-refractivity contribution in [3.63, 3.8) is 0 Å². The van der Waals surface area contributed by atoms with Crippen LogP contribution in [0.4, 0.5) is 0 Å². The Labute approximate surface area is 184 Å². The number of rotatable bonds is 9. The third-order valence-corrected chi connectivity index (χ3v) is 6.20. The summed E-state index contributed by atoms with van der Waals surface area (Å²) in [5, 5.41) is 17.8. The van der Waals surface area contributed by atoms with Gasteiger partial charge in [-0.3, -0.25) is 9.58 Å². The summed E-state index contributed by atoms with van der Waals surface area (Å²) in [7, 11) is 0. The average Bonchev–Trinajstić information content (AvgIpc) is 3.31. The van der Waals surface area contributed by atoms with Crippen molar-refractivity contribution < 1.29 is 5.11 Å². The summed E-state index contributed by atoms with van der Waals surface area (Å²) in [4.78, 5) is 6.51. The van der Waals surface area contributed by atoms with E-state index >= 15 is 0 Å². The molecule has 0 saturated carbocycles. The lowest BCUT2D eigenvalue weighted by molar-refractivity contribution is 0.0791. The Bertz CT molecular complexity index is 917. The Hall–Kier alpha value is -2.54. The van der Waals surface area contributed by atoms with Gasteiger partial charge in [-0.25, -0.2) is 4.98 Å². The van der Waals surface area contributed by atoms with Gasteiger partial charge in [0.25, 0.3) is 0 Å². The number of piperidine rings is 1. The van der Waals surface area contributed by atoms with Crippen molar-refractivity contribution in [3.8, 4) is 0 Å². The second kappa shape index (κ2) is 10.7. The van der Waals surface area contributed by atoms with Gasteiger partial charge in [0.15, 0.2) is 0 Å². The summed E-state index contributed by atoms with van der Waals surface area (Å²) in [5.74, 6) is 0. The van der Waals surface area contributed by atoms with E-state index in [4.69, 9.17) is 0 Å². The minimum absolute atomic E-state index is 0.131. The van der Waals surface area contributed by atoms with Crippen molar-refractivity contribution >= 4 is 0 Å². The van der Waals surface area contributed by atoms with E-state index < -0.39 is 0 Å². The van der Waals surface area contributed by atoms with Gasteiger partial charge >= 0.3 is 0 Å². The fourth-order valence-corrected chi connectivity index (χ4v) is 4.23. The fourth-order valence-electron chi connectivity index (χ4n) is 4.23. The number of aliphatic hydroxyl groups excluding tert-OH is 1. The van der Waals surface area contributed by atoms with Gasteiger partial charge in [0.1, 0.15) is 12.7 Å². The smallest absolute Gasteiger partial charge is 0.137 e. The van der Waals surface area contributed by atoms with E-state index in [1.165, 1.54) is 22.3 Å². The molecule has 31 heavy (non-hydrogen) atoms. The topological polar surface area (TPSA) is 66.2 Å². The maximum Gasteiger partial charge on any atom is 0.137 e. The minimum atomic E-state index is -0.131. The van der Waals surface area contributed by atoms with E-state index in [2.05, 4.69) is 75.8 Å². The first-order valence-corrected chi connectivity index (χ1v) is 11.3. The van der Waals surface area contributed by atoms with Crippen LogP contribution in [0.1, 0.15) is 47.6 Å². The summed E-state index contributed by atoms with van der Waals surface area (Å²) in [6.07, 6.45) is 5.92. The molecule has 0 bridgehead atoms. The van der Waals surface area contributed by atoms with Crippen LogP contribution in [0.2, 0.25) is 0 Å². The minimum Gasteiger partial charge on any atom is -0.393 e. The van der Waals surface area contributed by atoms with Crippen LogP contribution in [0.15, 0.2) is 61.2 Å². The van der Waals surface area contributed by atoms with Crippen molar-refractivity contribution in [1.29, 1.82) is 0 Å². The first-order chi connectivity index (χ1) is 15.2.